The fourth-order valence-electron chi connectivity index (χ4n) is 2.73. The molecule has 0 spiro atoms. The normalized spacial score (nSPS) is 16.3. The number of likely N-dealkylation sites (tertiary alicyclic amines) is 1. The molecule has 6 heteroatoms. The molecule has 1 amide bonds. The smallest absolute Gasteiger partial charge is 0.410 e. The zero-order chi connectivity index (χ0) is 16.5. The van der Waals surface area contributed by atoms with E-state index in [4.69, 9.17) is 10.5 Å². The standard InChI is InChI=1S/C16H28N4O2.CH4/c1-11(2)20-14(17)10-13(18-20)12-6-8-19(9-7-12)15(21)22-16(3,4)5;/h10-12H,6-9,17H2,1-5H3;1H4. The molecule has 1 saturated heterocycles. The Morgan fingerprint density at radius 2 is 1.91 bits per heavy atom. The van der Waals surface area contributed by atoms with Gasteiger partial charge in [-0.05, 0) is 47.5 Å². The Balaban J connectivity index is 0.00000264. The van der Waals surface area contributed by atoms with Crippen LogP contribution in [0.1, 0.15) is 72.5 Å². The van der Waals surface area contributed by atoms with Gasteiger partial charge in [0, 0.05) is 31.1 Å². The predicted molar refractivity (Wildman–Crippen MR) is 93.5 cm³/mol. The summed E-state index contributed by atoms with van der Waals surface area (Å²) in [4.78, 5) is 13.9. The van der Waals surface area contributed by atoms with Crippen LogP contribution in [0, 0.1) is 0 Å². The molecule has 2 rings (SSSR count). The molecular formula is C17H32N4O2. The fraction of sp³-hybridized carbons (Fsp3) is 0.765. The van der Waals surface area contributed by atoms with Crippen molar-refractivity contribution in [3.8, 4) is 0 Å². The minimum absolute atomic E-state index is 0. The minimum atomic E-state index is -0.446. The van der Waals surface area contributed by atoms with Gasteiger partial charge in [0.05, 0.1) is 5.69 Å². The third kappa shape index (κ3) is 4.88. The summed E-state index contributed by atoms with van der Waals surface area (Å²) in [5.41, 5.74) is 6.60. The van der Waals surface area contributed by atoms with E-state index in [1.807, 2.05) is 31.5 Å². The molecule has 1 fully saturated rings. The van der Waals surface area contributed by atoms with Gasteiger partial charge >= 0.3 is 6.09 Å². The van der Waals surface area contributed by atoms with Crippen LogP contribution in [0.15, 0.2) is 6.07 Å². The van der Waals surface area contributed by atoms with Crippen LogP contribution < -0.4 is 5.73 Å². The van der Waals surface area contributed by atoms with Crippen molar-refractivity contribution in [2.75, 3.05) is 18.8 Å². The van der Waals surface area contributed by atoms with E-state index in [9.17, 15) is 4.79 Å². The lowest BCUT2D eigenvalue weighted by molar-refractivity contribution is 0.0204. The quantitative estimate of drug-likeness (QED) is 0.898. The van der Waals surface area contributed by atoms with Crippen molar-refractivity contribution in [3.63, 3.8) is 0 Å². The molecule has 0 aliphatic carbocycles. The number of piperidine rings is 1. The van der Waals surface area contributed by atoms with Crippen molar-refractivity contribution in [2.45, 2.75) is 72.4 Å². The first kappa shape index (κ1) is 19.3. The largest absolute Gasteiger partial charge is 0.444 e. The maximum Gasteiger partial charge on any atom is 0.410 e. The second-order valence-corrected chi connectivity index (χ2v) is 7.27. The van der Waals surface area contributed by atoms with E-state index in [1.54, 1.807) is 4.90 Å². The van der Waals surface area contributed by atoms with Crippen LogP contribution in [0.25, 0.3) is 0 Å². The Bertz CT molecular complexity index is 523. The maximum absolute atomic E-state index is 12.1. The van der Waals surface area contributed by atoms with E-state index in [1.165, 1.54) is 0 Å². The van der Waals surface area contributed by atoms with E-state index in [0.29, 0.717) is 24.8 Å². The van der Waals surface area contributed by atoms with Gasteiger partial charge in [-0.1, -0.05) is 7.43 Å². The number of nitrogens with two attached hydrogens (primary N) is 1. The molecule has 2 N–H and O–H groups in total. The van der Waals surface area contributed by atoms with Crippen LogP contribution in [0.2, 0.25) is 0 Å². The average molecular weight is 324 g/mol. The van der Waals surface area contributed by atoms with E-state index in [-0.39, 0.29) is 19.6 Å². The summed E-state index contributed by atoms with van der Waals surface area (Å²) in [6, 6.07) is 2.23. The number of nitrogen functional groups attached to an aromatic ring is 1. The highest BCUT2D eigenvalue weighted by Crippen LogP contribution is 2.29. The van der Waals surface area contributed by atoms with Crippen LogP contribution in [0.4, 0.5) is 10.6 Å². The summed E-state index contributed by atoms with van der Waals surface area (Å²) in [6.45, 7) is 11.2. The summed E-state index contributed by atoms with van der Waals surface area (Å²) in [6.07, 6.45) is 1.57. The summed E-state index contributed by atoms with van der Waals surface area (Å²) >= 11 is 0. The lowest BCUT2D eigenvalue weighted by atomic mass is 9.94. The van der Waals surface area contributed by atoms with Crippen molar-refractivity contribution < 1.29 is 9.53 Å². The van der Waals surface area contributed by atoms with Gasteiger partial charge in [-0.25, -0.2) is 9.48 Å². The molecular weight excluding hydrogens is 292 g/mol. The Kier molecular flexibility index (Phi) is 6.08. The van der Waals surface area contributed by atoms with Gasteiger partial charge < -0.3 is 15.4 Å². The summed E-state index contributed by atoms with van der Waals surface area (Å²) in [5.74, 6) is 1.07. The van der Waals surface area contributed by atoms with Gasteiger partial charge in [0.2, 0.25) is 0 Å². The topological polar surface area (TPSA) is 73.4 Å². The second kappa shape index (κ2) is 7.23. The van der Waals surface area contributed by atoms with Crippen molar-refractivity contribution in [1.82, 2.24) is 14.7 Å². The van der Waals surface area contributed by atoms with Gasteiger partial charge in [-0.15, -0.1) is 0 Å². The van der Waals surface area contributed by atoms with Gasteiger partial charge in [0.15, 0.2) is 0 Å². The Morgan fingerprint density at radius 1 is 1.35 bits per heavy atom. The second-order valence-electron chi connectivity index (χ2n) is 7.27. The zero-order valence-corrected chi connectivity index (χ0v) is 14.3. The first-order valence-corrected chi connectivity index (χ1v) is 8.00. The molecule has 1 aromatic heterocycles. The summed E-state index contributed by atoms with van der Waals surface area (Å²) in [7, 11) is 0. The first-order chi connectivity index (χ1) is 10.2. The van der Waals surface area contributed by atoms with Crippen LogP contribution in [0.5, 0.6) is 0 Å². The number of amides is 1. The fourth-order valence-corrected chi connectivity index (χ4v) is 2.73. The van der Waals surface area contributed by atoms with Gasteiger partial charge in [-0.3, -0.25) is 0 Å². The molecule has 0 radical (unpaired) electrons. The number of rotatable bonds is 2. The number of hydrogen-bond acceptors (Lipinski definition) is 4. The molecule has 1 aliphatic rings. The lowest BCUT2D eigenvalue weighted by Crippen LogP contribution is -2.41. The van der Waals surface area contributed by atoms with Gasteiger partial charge in [0.25, 0.3) is 0 Å². The molecule has 1 aromatic rings. The zero-order valence-electron chi connectivity index (χ0n) is 14.3. The number of aromatic nitrogens is 2. The number of anilines is 1. The monoisotopic (exact) mass is 324 g/mol. The van der Waals surface area contributed by atoms with E-state index >= 15 is 0 Å². The number of carbonyl (C=O) groups excluding carboxylic acids is 1. The minimum Gasteiger partial charge on any atom is -0.444 e. The summed E-state index contributed by atoms with van der Waals surface area (Å²) in [5, 5.41) is 4.62. The van der Waals surface area contributed by atoms with Gasteiger partial charge in [-0.2, -0.15) is 5.10 Å². The molecule has 6 nitrogen and oxygen atoms in total. The van der Waals surface area contributed by atoms with Crippen LogP contribution in [-0.2, 0) is 4.74 Å². The van der Waals surface area contributed by atoms with Crippen molar-refractivity contribution in [3.05, 3.63) is 11.8 Å². The maximum atomic E-state index is 12.1. The molecule has 2 heterocycles. The molecule has 0 bridgehead atoms. The molecule has 0 saturated carbocycles. The third-order valence-electron chi connectivity index (χ3n) is 3.84. The number of ether oxygens (including phenoxy) is 1. The number of hydrogen-bond donors (Lipinski definition) is 1. The molecule has 23 heavy (non-hydrogen) atoms. The van der Waals surface area contributed by atoms with Crippen LogP contribution >= 0.6 is 0 Å². The van der Waals surface area contributed by atoms with Crippen LogP contribution in [-0.4, -0.2) is 39.5 Å². The SMILES string of the molecule is C.CC(C)n1nc(C2CCN(C(=O)OC(C)(C)C)CC2)cc1N. The highest BCUT2D eigenvalue weighted by Gasteiger charge is 2.28. The Morgan fingerprint density at radius 3 is 2.35 bits per heavy atom. The van der Waals surface area contributed by atoms with Crippen molar-refractivity contribution >= 4 is 11.9 Å². The third-order valence-corrected chi connectivity index (χ3v) is 3.84. The summed E-state index contributed by atoms with van der Waals surface area (Å²) < 4.78 is 7.28. The molecule has 132 valence electrons. The molecule has 0 aromatic carbocycles. The van der Waals surface area contributed by atoms with Crippen LogP contribution in [0.3, 0.4) is 0 Å². The number of nitrogens with zero attached hydrogens (tertiary/aromatic N) is 3. The van der Waals surface area contributed by atoms with Crippen molar-refractivity contribution in [2.24, 2.45) is 0 Å². The average Bonchev–Trinajstić information content (AvgIpc) is 2.79. The Labute approximate surface area is 140 Å². The van der Waals surface area contributed by atoms with Crippen molar-refractivity contribution in [1.29, 1.82) is 0 Å². The highest BCUT2D eigenvalue weighted by molar-refractivity contribution is 5.68. The van der Waals surface area contributed by atoms with E-state index in [0.717, 1.165) is 18.5 Å². The van der Waals surface area contributed by atoms with E-state index < -0.39 is 5.60 Å². The number of carbonyl (C=O) groups is 1. The molecule has 0 atom stereocenters. The predicted octanol–water partition coefficient (Wildman–Crippen LogP) is 3.80. The molecule has 0 unspecified atom stereocenters. The van der Waals surface area contributed by atoms with E-state index in [2.05, 4.69) is 18.9 Å². The first-order valence-electron chi connectivity index (χ1n) is 8.00. The lowest BCUT2D eigenvalue weighted by Gasteiger charge is -2.32. The molecule has 1 aliphatic heterocycles. The Hall–Kier alpha value is -1.72. The highest BCUT2D eigenvalue weighted by atomic mass is 16.6. The van der Waals surface area contributed by atoms with Gasteiger partial charge in [0.1, 0.15) is 11.4 Å².